The van der Waals surface area contributed by atoms with Crippen molar-refractivity contribution in [3.8, 4) is 0 Å². The Kier molecular flexibility index (Phi) is 5.55. The molecule has 0 unspecified atom stereocenters. The van der Waals surface area contributed by atoms with Gasteiger partial charge in [0.1, 0.15) is 0 Å². The molecule has 2 fully saturated rings. The summed E-state index contributed by atoms with van der Waals surface area (Å²) in [4.78, 5) is 24.5. The summed E-state index contributed by atoms with van der Waals surface area (Å²) < 4.78 is 27.8. The largest absolute Gasteiger partial charge is 0.480 e. The van der Waals surface area contributed by atoms with Crippen molar-refractivity contribution in [2.75, 3.05) is 13.1 Å². The molecule has 0 radical (unpaired) electrons. The van der Waals surface area contributed by atoms with Crippen molar-refractivity contribution in [3.63, 3.8) is 0 Å². The normalized spacial score (nSPS) is 22.4. The minimum absolute atomic E-state index is 0.00530. The maximum absolute atomic E-state index is 12.6. The molecule has 0 heterocycles. The highest BCUT2D eigenvalue weighted by Gasteiger charge is 2.39. The summed E-state index contributed by atoms with van der Waals surface area (Å²) in [6.45, 7) is 2.44. The molecule has 0 atom stereocenters. The molecule has 1 aromatic carbocycles. The molecule has 27 heavy (non-hydrogen) atoms. The Labute approximate surface area is 158 Å². The fourth-order valence-electron chi connectivity index (χ4n) is 3.45. The van der Waals surface area contributed by atoms with Crippen molar-refractivity contribution < 1.29 is 23.1 Å². The van der Waals surface area contributed by atoms with Crippen molar-refractivity contribution in [1.29, 1.82) is 0 Å². The summed E-state index contributed by atoms with van der Waals surface area (Å²) in [5.41, 5.74) is 6.10. The maximum Gasteiger partial charge on any atom is 0.317 e. The highest BCUT2D eigenvalue weighted by Crippen LogP contribution is 2.34. The maximum atomic E-state index is 12.6. The number of carboxylic acid groups (broad SMARTS) is 1. The average Bonchev–Trinajstić information content (AvgIpc) is 3.33. The standard InChI is InChI=1S/C18H25N3O5S/c1-11-2-5-15(8-16(11)18(19)24)27(25,26)20-13-6-14(7-13)21(10-17(22)23)9-12-3-4-12/h2,5,8,12-14,20H,3-4,6-7,9-10H2,1H3,(H2,19,24)(H,22,23). The van der Waals surface area contributed by atoms with Crippen LogP contribution in [0.5, 0.6) is 0 Å². The van der Waals surface area contributed by atoms with Gasteiger partial charge in [-0.05, 0) is 56.2 Å². The molecular formula is C18H25N3O5S. The molecule has 2 aliphatic rings. The topological polar surface area (TPSA) is 130 Å². The molecule has 3 rings (SSSR count). The van der Waals surface area contributed by atoms with Crippen molar-refractivity contribution >= 4 is 21.9 Å². The van der Waals surface area contributed by atoms with Gasteiger partial charge in [0, 0.05) is 24.2 Å². The monoisotopic (exact) mass is 395 g/mol. The van der Waals surface area contributed by atoms with Gasteiger partial charge in [-0.3, -0.25) is 14.5 Å². The van der Waals surface area contributed by atoms with E-state index in [9.17, 15) is 18.0 Å². The highest BCUT2D eigenvalue weighted by molar-refractivity contribution is 7.89. The van der Waals surface area contributed by atoms with Gasteiger partial charge in [-0.25, -0.2) is 13.1 Å². The van der Waals surface area contributed by atoms with Crippen LogP contribution in [0.15, 0.2) is 23.1 Å². The molecule has 2 aliphatic carbocycles. The number of hydrogen-bond acceptors (Lipinski definition) is 5. The van der Waals surface area contributed by atoms with E-state index in [-0.39, 0.29) is 29.1 Å². The fourth-order valence-corrected chi connectivity index (χ4v) is 4.74. The number of benzene rings is 1. The van der Waals surface area contributed by atoms with E-state index < -0.39 is 21.9 Å². The molecule has 0 aliphatic heterocycles. The Morgan fingerprint density at radius 2 is 1.96 bits per heavy atom. The molecule has 148 valence electrons. The first-order valence-corrected chi connectivity index (χ1v) is 10.5. The van der Waals surface area contributed by atoms with Crippen molar-refractivity contribution in [1.82, 2.24) is 9.62 Å². The Bertz CT molecular complexity index is 845. The summed E-state index contributed by atoms with van der Waals surface area (Å²) >= 11 is 0. The van der Waals surface area contributed by atoms with Gasteiger partial charge < -0.3 is 10.8 Å². The van der Waals surface area contributed by atoms with Gasteiger partial charge in [0.15, 0.2) is 0 Å². The number of sulfonamides is 1. The average molecular weight is 395 g/mol. The van der Waals surface area contributed by atoms with Crippen molar-refractivity contribution in [2.45, 2.75) is 49.6 Å². The lowest BCUT2D eigenvalue weighted by Gasteiger charge is -2.42. The molecular weight excluding hydrogens is 370 g/mol. The van der Waals surface area contributed by atoms with Gasteiger partial charge in [0.2, 0.25) is 15.9 Å². The second-order valence-electron chi connectivity index (χ2n) is 7.55. The minimum Gasteiger partial charge on any atom is -0.480 e. The molecule has 0 spiro atoms. The first-order chi connectivity index (χ1) is 12.7. The van der Waals surface area contributed by atoms with Crippen LogP contribution in [-0.2, 0) is 14.8 Å². The first kappa shape index (κ1) is 19.8. The molecule has 8 nitrogen and oxygen atoms in total. The number of aliphatic carboxylic acids is 1. The Morgan fingerprint density at radius 1 is 1.30 bits per heavy atom. The zero-order valence-corrected chi connectivity index (χ0v) is 16.0. The van der Waals surface area contributed by atoms with Crippen LogP contribution in [-0.4, -0.2) is 55.5 Å². The van der Waals surface area contributed by atoms with Gasteiger partial charge in [-0.1, -0.05) is 6.07 Å². The number of hydrogen-bond donors (Lipinski definition) is 3. The van der Waals surface area contributed by atoms with Gasteiger partial charge in [-0.2, -0.15) is 0 Å². The number of nitrogens with zero attached hydrogens (tertiary/aromatic N) is 1. The molecule has 1 aromatic rings. The van der Waals surface area contributed by atoms with Crippen LogP contribution in [0.1, 0.15) is 41.6 Å². The van der Waals surface area contributed by atoms with Gasteiger partial charge in [0.25, 0.3) is 0 Å². The van der Waals surface area contributed by atoms with Crippen LogP contribution in [0, 0.1) is 12.8 Å². The lowest BCUT2D eigenvalue weighted by Crippen LogP contribution is -2.55. The second kappa shape index (κ2) is 7.57. The second-order valence-corrected chi connectivity index (χ2v) is 9.26. The van der Waals surface area contributed by atoms with Crippen molar-refractivity contribution in [2.24, 2.45) is 11.7 Å². The molecule has 0 saturated heterocycles. The summed E-state index contributed by atoms with van der Waals surface area (Å²) in [7, 11) is -3.77. The molecule has 4 N–H and O–H groups in total. The molecule has 0 aromatic heterocycles. The number of aryl methyl sites for hydroxylation is 1. The number of rotatable bonds is 9. The van der Waals surface area contributed by atoms with E-state index in [1.165, 1.54) is 12.1 Å². The summed E-state index contributed by atoms with van der Waals surface area (Å²) in [6.07, 6.45) is 3.42. The van der Waals surface area contributed by atoms with Crippen LogP contribution in [0.25, 0.3) is 0 Å². The third-order valence-corrected chi connectivity index (χ3v) is 6.78. The third-order valence-electron chi connectivity index (χ3n) is 5.26. The number of nitrogens with two attached hydrogens (primary N) is 1. The van der Waals surface area contributed by atoms with E-state index >= 15 is 0 Å². The summed E-state index contributed by atoms with van der Waals surface area (Å²) in [5, 5.41) is 9.09. The van der Waals surface area contributed by atoms with E-state index in [1.54, 1.807) is 13.0 Å². The van der Waals surface area contributed by atoms with E-state index in [2.05, 4.69) is 4.72 Å². The number of carbonyl (C=O) groups is 2. The number of carbonyl (C=O) groups excluding carboxylic acids is 1. The number of nitrogens with one attached hydrogen (secondary N) is 1. The lowest BCUT2D eigenvalue weighted by molar-refractivity contribution is -0.139. The molecule has 0 bridgehead atoms. The van der Waals surface area contributed by atoms with Crippen molar-refractivity contribution in [3.05, 3.63) is 29.3 Å². The zero-order valence-electron chi connectivity index (χ0n) is 15.2. The Hall–Kier alpha value is -1.97. The minimum atomic E-state index is -3.77. The van der Waals surface area contributed by atoms with E-state index in [1.807, 2.05) is 4.90 Å². The highest BCUT2D eigenvalue weighted by atomic mass is 32.2. The van der Waals surface area contributed by atoms with Crippen LogP contribution >= 0.6 is 0 Å². The first-order valence-electron chi connectivity index (χ1n) is 9.04. The third kappa shape index (κ3) is 4.85. The van der Waals surface area contributed by atoms with Crippen LogP contribution in [0.4, 0.5) is 0 Å². The number of amides is 1. The quantitative estimate of drug-likeness (QED) is 0.564. The van der Waals surface area contributed by atoms with Gasteiger partial charge >= 0.3 is 5.97 Å². The molecule has 9 heteroatoms. The SMILES string of the molecule is Cc1ccc(S(=O)(=O)NC2CC(N(CC(=O)O)CC3CC3)C2)cc1C(N)=O. The van der Waals surface area contributed by atoms with Crippen LogP contribution in [0.3, 0.4) is 0 Å². The van der Waals surface area contributed by atoms with Gasteiger partial charge in [0.05, 0.1) is 11.4 Å². The van der Waals surface area contributed by atoms with Gasteiger partial charge in [-0.15, -0.1) is 0 Å². The van der Waals surface area contributed by atoms with Crippen LogP contribution < -0.4 is 10.5 Å². The Morgan fingerprint density at radius 3 is 2.52 bits per heavy atom. The smallest absolute Gasteiger partial charge is 0.317 e. The lowest BCUT2D eigenvalue weighted by atomic mass is 9.86. The number of primary amides is 1. The van der Waals surface area contributed by atoms with E-state index in [0.29, 0.717) is 24.3 Å². The van der Waals surface area contributed by atoms with E-state index in [0.717, 1.165) is 19.4 Å². The zero-order chi connectivity index (χ0) is 19.8. The van der Waals surface area contributed by atoms with E-state index in [4.69, 9.17) is 10.8 Å². The predicted molar refractivity (Wildman–Crippen MR) is 98.8 cm³/mol. The van der Waals surface area contributed by atoms with Crippen LogP contribution in [0.2, 0.25) is 0 Å². The molecule has 2 saturated carbocycles. The number of carboxylic acids is 1. The fraction of sp³-hybridized carbons (Fsp3) is 0.556. The Balaban J connectivity index is 1.62. The molecule has 1 amide bonds. The summed E-state index contributed by atoms with van der Waals surface area (Å²) in [6, 6.07) is 4.13. The summed E-state index contributed by atoms with van der Waals surface area (Å²) in [5.74, 6) is -0.962. The predicted octanol–water partition coefficient (Wildman–Crippen LogP) is 0.700.